The molecule has 2 amide bonds. The number of nitrogens with one attached hydrogen (secondary N) is 2. The fourth-order valence-corrected chi connectivity index (χ4v) is 1.97. The standard InChI is InChI=1S/C18H19N3O3/c1-24-16-10-6-5-7-14(16)13-19-21-18(23)12-11-17(22)20-15-8-3-2-4-9-15/h2-10,13H,11-12H2,1H3,(H,20,22)(H,21,23). The molecule has 2 aromatic rings. The molecule has 0 aromatic heterocycles. The second-order valence-electron chi connectivity index (χ2n) is 4.95. The molecule has 0 atom stereocenters. The maximum absolute atomic E-state index is 11.7. The summed E-state index contributed by atoms with van der Waals surface area (Å²) in [5.74, 6) is 0.118. The average molecular weight is 325 g/mol. The summed E-state index contributed by atoms with van der Waals surface area (Å²) < 4.78 is 5.18. The fraction of sp³-hybridized carbons (Fsp3) is 0.167. The van der Waals surface area contributed by atoms with Gasteiger partial charge in [0.2, 0.25) is 11.8 Å². The second kappa shape index (κ2) is 9.09. The number of methoxy groups -OCH3 is 1. The summed E-state index contributed by atoms with van der Waals surface area (Å²) >= 11 is 0. The summed E-state index contributed by atoms with van der Waals surface area (Å²) in [6.45, 7) is 0. The summed E-state index contributed by atoms with van der Waals surface area (Å²) in [6.07, 6.45) is 1.65. The van der Waals surface area contributed by atoms with Crippen LogP contribution in [0.5, 0.6) is 5.75 Å². The van der Waals surface area contributed by atoms with Gasteiger partial charge in [0.15, 0.2) is 0 Å². The van der Waals surface area contributed by atoms with Gasteiger partial charge in [-0.3, -0.25) is 9.59 Å². The number of hydrogen-bond donors (Lipinski definition) is 2. The molecule has 0 heterocycles. The Balaban J connectivity index is 1.75. The van der Waals surface area contributed by atoms with Crippen LogP contribution in [0.25, 0.3) is 0 Å². The summed E-state index contributed by atoms with van der Waals surface area (Å²) in [6, 6.07) is 16.4. The number of nitrogens with zero attached hydrogens (tertiary/aromatic N) is 1. The number of hydrogen-bond acceptors (Lipinski definition) is 4. The molecule has 2 rings (SSSR count). The first-order valence-corrected chi connectivity index (χ1v) is 7.49. The quantitative estimate of drug-likeness (QED) is 0.606. The third-order valence-electron chi connectivity index (χ3n) is 3.17. The van der Waals surface area contributed by atoms with Crippen molar-refractivity contribution in [3.63, 3.8) is 0 Å². The van der Waals surface area contributed by atoms with Crippen LogP contribution >= 0.6 is 0 Å². The van der Waals surface area contributed by atoms with Crippen LogP contribution in [0.15, 0.2) is 59.7 Å². The zero-order valence-corrected chi connectivity index (χ0v) is 13.4. The van der Waals surface area contributed by atoms with E-state index in [1.165, 1.54) is 6.21 Å². The Kier molecular flexibility index (Phi) is 6.52. The SMILES string of the molecule is COc1ccccc1C=NNC(=O)CCC(=O)Nc1ccccc1. The third-order valence-corrected chi connectivity index (χ3v) is 3.17. The van der Waals surface area contributed by atoms with Crippen LogP contribution in [0.3, 0.4) is 0 Å². The lowest BCUT2D eigenvalue weighted by Gasteiger charge is -2.05. The van der Waals surface area contributed by atoms with E-state index in [0.717, 1.165) is 5.56 Å². The molecule has 124 valence electrons. The van der Waals surface area contributed by atoms with E-state index in [2.05, 4.69) is 15.8 Å². The molecule has 0 aliphatic rings. The predicted octanol–water partition coefficient (Wildman–Crippen LogP) is 2.56. The highest BCUT2D eigenvalue weighted by Gasteiger charge is 2.06. The molecule has 2 N–H and O–H groups in total. The average Bonchev–Trinajstić information content (AvgIpc) is 2.61. The van der Waals surface area contributed by atoms with E-state index in [1.54, 1.807) is 25.3 Å². The van der Waals surface area contributed by atoms with Gasteiger partial charge in [0, 0.05) is 24.1 Å². The van der Waals surface area contributed by atoms with Crippen molar-refractivity contribution in [2.24, 2.45) is 5.10 Å². The molecule has 6 nitrogen and oxygen atoms in total. The first-order valence-electron chi connectivity index (χ1n) is 7.49. The molecule has 0 radical (unpaired) electrons. The molecule has 0 saturated carbocycles. The Morgan fingerprint density at radius 2 is 1.67 bits per heavy atom. The van der Waals surface area contributed by atoms with Gasteiger partial charge in [0.25, 0.3) is 0 Å². The third kappa shape index (κ3) is 5.57. The number of hydrazone groups is 1. The molecular weight excluding hydrogens is 306 g/mol. The van der Waals surface area contributed by atoms with Gasteiger partial charge >= 0.3 is 0 Å². The zero-order chi connectivity index (χ0) is 17.2. The van der Waals surface area contributed by atoms with Crippen LogP contribution in [-0.2, 0) is 9.59 Å². The van der Waals surface area contributed by atoms with Gasteiger partial charge in [0.1, 0.15) is 5.75 Å². The van der Waals surface area contributed by atoms with Crippen LogP contribution in [0, 0.1) is 0 Å². The maximum atomic E-state index is 11.7. The van der Waals surface area contributed by atoms with Crippen LogP contribution < -0.4 is 15.5 Å². The minimum absolute atomic E-state index is 0.0575. The van der Waals surface area contributed by atoms with E-state index in [9.17, 15) is 9.59 Å². The lowest BCUT2D eigenvalue weighted by molar-refractivity contribution is -0.124. The zero-order valence-electron chi connectivity index (χ0n) is 13.4. The molecule has 2 aromatic carbocycles. The molecule has 0 spiro atoms. The number of benzene rings is 2. The van der Waals surface area contributed by atoms with Gasteiger partial charge in [-0.2, -0.15) is 5.10 Å². The first-order chi connectivity index (χ1) is 11.7. The Bertz CT molecular complexity index is 714. The molecule has 0 unspecified atom stereocenters. The van der Waals surface area contributed by atoms with Gasteiger partial charge in [-0.25, -0.2) is 5.43 Å². The van der Waals surface area contributed by atoms with Crippen molar-refractivity contribution in [1.82, 2.24) is 5.43 Å². The predicted molar refractivity (Wildman–Crippen MR) is 93.0 cm³/mol. The largest absolute Gasteiger partial charge is 0.496 e. The summed E-state index contributed by atoms with van der Waals surface area (Å²) in [4.78, 5) is 23.5. The number of carbonyl (C=O) groups excluding carboxylic acids is 2. The summed E-state index contributed by atoms with van der Waals surface area (Å²) in [7, 11) is 1.57. The van der Waals surface area contributed by atoms with Crippen molar-refractivity contribution in [3.05, 3.63) is 60.2 Å². The highest BCUT2D eigenvalue weighted by atomic mass is 16.5. The summed E-state index contributed by atoms with van der Waals surface area (Å²) in [5.41, 5.74) is 3.85. The number of anilines is 1. The van der Waals surface area contributed by atoms with Crippen molar-refractivity contribution in [3.8, 4) is 5.75 Å². The Morgan fingerprint density at radius 3 is 2.42 bits per heavy atom. The number of ether oxygens (including phenoxy) is 1. The van der Waals surface area contributed by atoms with E-state index in [0.29, 0.717) is 11.4 Å². The van der Waals surface area contributed by atoms with E-state index in [-0.39, 0.29) is 24.7 Å². The minimum Gasteiger partial charge on any atom is -0.496 e. The molecule has 0 aliphatic carbocycles. The van der Waals surface area contributed by atoms with Gasteiger partial charge in [-0.05, 0) is 24.3 Å². The molecule has 0 fully saturated rings. The fourth-order valence-electron chi connectivity index (χ4n) is 1.97. The summed E-state index contributed by atoms with van der Waals surface area (Å²) in [5, 5.41) is 6.60. The van der Waals surface area contributed by atoms with Gasteiger partial charge in [0.05, 0.1) is 13.3 Å². The Hall–Kier alpha value is -3.15. The number of rotatable bonds is 7. The molecular formula is C18H19N3O3. The maximum Gasteiger partial charge on any atom is 0.240 e. The van der Waals surface area contributed by atoms with Crippen molar-refractivity contribution >= 4 is 23.7 Å². The number of amides is 2. The molecule has 6 heteroatoms. The van der Waals surface area contributed by atoms with E-state index < -0.39 is 0 Å². The molecule has 24 heavy (non-hydrogen) atoms. The van der Waals surface area contributed by atoms with Crippen molar-refractivity contribution < 1.29 is 14.3 Å². The van der Waals surface area contributed by atoms with E-state index in [4.69, 9.17) is 4.74 Å². The normalized spacial score (nSPS) is 10.4. The first kappa shape index (κ1) is 17.2. The van der Waals surface area contributed by atoms with Gasteiger partial charge in [-0.1, -0.05) is 30.3 Å². The smallest absolute Gasteiger partial charge is 0.240 e. The van der Waals surface area contributed by atoms with E-state index >= 15 is 0 Å². The highest BCUT2D eigenvalue weighted by molar-refractivity contribution is 5.93. The van der Waals surface area contributed by atoms with E-state index in [1.807, 2.05) is 36.4 Å². The van der Waals surface area contributed by atoms with Gasteiger partial charge in [-0.15, -0.1) is 0 Å². The van der Waals surface area contributed by atoms with Crippen LogP contribution in [-0.4, -0.2) is 25.1 Å². The highest BCUT2D eigenvalue weighted by Crippen LogP contribution is 2.14. The number of para-hydroxylation sites is 2. The van der Waals surface area contributed by atoms with Crippen LogP contribution in [0.4, 0.5) is 5.69 Å². The molecule has 0 bridgehead atoms. The van der Waals surface area contributed by atoms with Crippen molar-refractivity contribution in [1.29, 1.82) is 0 Å². The van der Waals surface area contributed by atoms with Crippen molar-refractivity contribution in [2.45, 2.75) is 12.8 Å². The lowest BCUT2D eigenvalue weighted by atomic mass is 10.2. The molecule has 0 saturated heterocycles. The monoisotopic (exact) mass is 325 g/mol. The molecule has 0 aliphatic heterocycles. The minimum atomic E-state index is -0.329. The Morgan fingerprint density at radius 1 is 1.00 bits per heavy atom. The van der Waals surface area contributed by atoms with Crippen LogP contribution in [0.1, 0.15) is 18.4 Å². The lowest BCUT2D eigenvalue weighted by Crippen LogP contribution is -2.20. The number of carbonyl (C=O) groups is 2. The van der Waals surface area contributed by atoms with Crippen molar-refractivity contribution in [2.75, 3.05) is 12.4 Å². The Labute approximate surface area is 140 Å². The van der Waals surface area contributed by atoms with Gasteiger partial charge < -0.3 is 10.1 Å². The van der Waals surface area contributed by atoms with Crippen LogP contribution in [0.2, 0.25) is 0 Å². The topological polar surface area (TPSA) is 79.8 Å². The second-order valence-corrected chi connectivity index (χ2v) is 4.95.